The average Bonchev–Trinajstić information content (AvgIpc) is 3.36. The number of hydrogen-bond donors (Lipinski definition) is 0. The Morgan fingerprint density at radius 1 is 1.17 bits per heavy atom. The van der Waals surface area contributed by atoms with Crippen molar-refractivity contribution in [3.05, 3.63) is 57.9 Å². The summed E-state index contributed by atoms with van der Waals surface area (Å²) in [4.78, 5) is 17.6. The molecule has 0 atom stereocenters. The second-order valence-electron chi connectivity index (χ2n) is 7.46. The van der Waals surface area contributed by atoms with Crippen LogP contribution in [0.25, 0.3) is 10.2 Å². The lowest BCUT2D eigenvalue weighted by atomic mass is 10.2. The van der Waals surface area contributed by atoms with Gasteiger partial charge in [0, 0.05) is 30.7 Å². The second-order valence-corrected chi connectivity index (χ2v) is 10.9. The third-order valence-corrected chi connectivity index (χ3v) is 8.84. The predicted octanol–water partition coefficient (Wildman–Crippen LogP) is 4.20. The van der Waals surface area contributed by atoms with Crippen molar-refractivity contribution >= 4 is 49.1 Å². The van der Waals surface area contributed by atoms with Crippen LogP contribution < -0.4 is 4.80 Å². The highest BCUT2D eigenvalue weighted by Crippen LogP contribution is 2.27. The molecule has 0 aliphatic heterocycles. The normalized spacial score (nSPS) is 16.1. The maximum absolute atomic E-state index is 12.9. The van der Waals surface area contributed by atoms with Crippen molar-refractivity contribution in [2.45, 2.75) is 36.6 Å². The summed E-state index contributed by atoms with van der Waals surface area (Å²) in [6.07, 6.45) is 3.90. The Bertz CT molecular complexity index is 1270. The number of rotatable bonds is 4. The minimum absolute atomic E-state index is 0.0489. The fourth-order valence-electron chi connectivity index (χ4n) is 3.77. The molecule has 4 rings (SSSR count). The fourth-order valence-corrected chi connectivity index (χ4v) is 6.47. The van der Waals surface area contributed by atoms with Crippen LogP contribution in [0.3, 0.4) is 0 Å². The summed E-state index contributed by atoms with van der Waals surface area (Å²) < 4.78 is 30.0. The number of carbonyl (C=O) groups is 1. The summed E-state index contributed by atoms with van der Waals surface area (Å²) in [7, 11) is -0.102. The van der Waals surface area contributed by atoms with Crippen molar-refractivity contribution < 1.29 is 13.2 Å². The van der Waals surface area contributed by atoms with Crippen LogP contribution in [-0.2, 0) is 17.1 Å². The van der Waals surface area contributed by atoms with Gasteiger partial charge in [-0.25, -0.2) is 8.42 Å². The van der Waals surface area contributed by atoms with Crippen LogP contribution in [0.1, 0.15) is 36.0 Å². The highest BCUT2D eigenvalue weighted by Gasteiger charge is 2.30. The van der Waals surface area contributed by atoms with E-state index >= 15 is 0 Å². The second kappa shape index (κ2) is 8.26. The van der Waals surface area contributed by atoms with E-state index in [1.807, 2.05) is 23.7 Å². The van der Waals surface area contributed by atoms with E-state index in [1.165, 1.54) is 39.9 Å². The van der Waals surface area contributed by atoms with Gasteiger partial charge in [-0.15, -0.1) is 0 Å². The summed E-state index contributed by atoms with van der Waals surface area (Å²) in [5.41, 5.74) is 1.28. The summed E-state index contributed by atoms with van der Waals surface area (Å²) >= 11 is 7.42. The zero-order valence-corrected chi connectivity index (χ0v) is 19.1. The number of aromatic nitrogens is 1. The van der Waals surface area contributed by atoms with Gasteiger partial charge < -0.3 is 4.57 Å². The van der Waals surface area contributed by atoms with Gasteiger partial charge >= 0.3 is 0 Å². The third kappa shape index (κ3) is 3.97. The molecule has 1 aliphatic carbocycles. The molecular formula is C21H22ClN3O3S2. The van der Waals surface area contributed by atoms with Crippen molar-refractivity contribution in [3.8, 4) is 0 Å². The summed E-state index contributed by atoms with van der Waals surface area (Å²) in [5.74, 6) is -0.420. The zero-order valence-electron chi connectivity index (χ0n) is 16.7. The fraction of sp³-hybridized carbons (Fsp3) is 0.333. The van der Waals surface area contributed by atoms with Crippen LogP contribution in [0.4, 0.5) is 0 Å². The molecule has 0 bridgehead atoms. The summed E-state index contributed by atoms with van der Waals surface area (Å²) in [6, 6.07) is 11.6. The number of sulfonamides is 1. The van der Waals surface area contributed by atoms with Crippen molar-refractivity contribution in [3.63, 3.8) is 0 Å². The number of fused-ring (bicyclic) bond motifs is 1. The van der Waals surface area contributed by atoms with E-state index in [9.17, 15) is 13.2 Å². The van der Waals surface area contributed by atoms with E-state index in [2.05, 4.69) is 4.99 Å². The summed E-state index contributed by atoms with van der Waals surface area (Å²) in [5, 5.41) is 0.626. The Morgan fingerprint density at radius 3 is 2.50 bits per heavy atom. The van der Waals surface area contributed by atoms with Gasteiger partial charge in [0.2, 0.25) is 10.0 Å². The Labute approximate surface area is 184 Å². The van der Waals surface area contributed by atoms with E-state index in [0.29, 0.717) is 15.4 Å². The molecule has 0 saturated heterocycles. The van der Waals surface area contributed by atoms with E-state index in [0.717, 1.165) is 35.9 Å². The minimum Gasteiger partial charge on any atom is -0.319 e. The Morgan fingerprint density at radius 2 is 1.83 bits per heavy atom. The van der Waals surface area contributed by atoms with Gasteiger partial charge in [-0.05, 0) is 55.3 Å². The molecule has 1 amide bonds. The van der Waals surface area contributed by atoms with Crippen LogP contribution in [0.15, 0.2) is 52.4 Å². The van der Waals surface area contributed by atoms with Crippen molar-refractivity contribution in [2.75, 3.05) is 7.05 Å². The minimum atomic E-state index is -3.58. The molecule has 0 spiro atoms. The largest absolute Gasteiger partial charge is 0.319 e. The van der Waals surface area contributed by atoms with Gasteiger partial charge in [0.1, 0.15) is 0 Å². The maximum atomic E-state index is 12.9. The predicted molar refractivity (Wildman–Crippen MR) is 119 cm³/mol. The molecule has 0 unspecified atom stereocenters. The number of nitrogens with zero attached hydrogens (tertiary/aromatic N) is 3. The molecule has 3 aromatic rings. The van der Waals surface area contributed by atoms with Gasteiger partial charge in [-0.3, -0.25) is 4.79 Å². The molecular weight excluding hydrogens is 442 g/mol. The van der Waals surface area contributed by atoms with Gasteiger partial charge in [-0.1, -0.05) is 35.8 Å². The van der Waals surface area contributed by atoms with E-state index in [-0.39, 0.29) is 10.9 Å². The van der Waals surface area contributed by atoms with Crippen molar-refractivity contribution in [2.24, 2.45) is 12.0 Å². The molecule has 158 valence electrons. The monoisotopic (exact) mass is 463 g/mol. The number of halogens is 1. The smallest absolute Gasteiger partial charge is 0.279 e. The summed E-state index contributed by atoms with van der Waals surface area (Å²) in [6.45, 7) is 0. The molecule has 1 fully saturated rings. The lowest BCUT2D eigenvalue weighted by Gasteiger charge is -2.23. The molecule has 9 heteroatoms. The van der Waals surface area contributed by atoms with Crippen LogP contribution in [-0.4, -0.2) is 36.3 Å². The lowest BCUT2D eigenvalue weighted by Crippen LogP contribution is -2.35. The number of benzene rings is 2. The van der Waals surface area contributed by atoms with Gasteiger partial charge in [0.15, 0.2) is 4.80 Å². The standard InChI is InChI=1S/C21H22ClN3O3S2/c1-24-18-12-9-15(22)13-19(18)29-21(24)23-20(26)14-7-10-17(11-8-14)30(27,28)25(2)16-5-3-4-6-16/h7-13,16H,3-6H2,1-2H3. The molecule has 1 heterocycles. The molecule has 0 radical (unpaired) electrons. The Kier molecular flexibility index (Phi) is 5.85. The number of carbonyl (C=O) groups excluding carboxylic acids is 1. The average molecular weight is 464 g/mol. The molecule has 0 N–H and O–H groups in total. The highest BCUT2D eigenvalue weighted by molar-refractivity contribution is 7.89. The first-order valence-corrected chi connectivity index (χ1v) is 12.3. The van der Waals surface area contributed by atoms with Crippen LogP contribution >= 0.6 is 22.9 Å². The van der Waals surface area contributed by atoms with Crippen LogP contribution in [0.2, 0.25) is 5.02 Å². The van der Waals surface area contributed by atoms with E-state index < -0.39 is 15.9 Å². The van der Waals surface area contributed by atoms with E-state index in [1.54, 1.807) is 13.1 Å². The highest BCUT2D eigenvalue weighted by atomic mass is 35.5. The third-order valence-electron chi connectivity index (χ3n) is 5.59. The van der Waals surface area contributed by atoms with Crippen LogP contribution in [0.5, 0.6) is 0 Å². The van der Waals surface area contributed by atoms with E-state index in [4.69, 9.17) is 11.6 Å². The maximum Gasteiger partial charge on any atom is 0.279 e. The van der Waals surface area contributed by atoms with Gasteiger partial charge in [-0.2, -0.15) is 9.30 Å². The number of aryl methyl sites for hydroxylation is 1. The Balaban J connectivity index is 1.60. The van der Waals surface area contributed by atoms with Crippen molar-refractivity contribution in [1.29, 1.82) is 0 Å². The SMILES string of the molecule is CN(C1CCCC1)S(=O)(=O)c1ccc(C(=O)N=c2sc3cc(Cl)ccc3n2C)cc1. The molecule has 30 heavy (non-hydrogen) atoms. The zero-order chi connectivity index (χ0) is 21.5. The first kappa shape index (κ1) is 21.2. The van der Waals surface area contributed by atoms with Gasteiger partial charge in [0.25, 0.3) is 5.91 Å². The quantitative estimate of drug-likeness (QED) is 0.582. The molecule has 2 aromatic carbocycles. The molecule has 1 aliphatic rings. The van der Waals surface area contributed by atoms with Crippen molar-refractivity contribution in [1.82, 2.24) is 8.87 Å². The number of hydrogen-bond acceptors (Lipinski definition) is 4. The first-order chi connectivity index (χ1) is 14.3. The lowest BCUT2D eigenvalue weighted by molar-refractivity contribution is 0.0998. The number of thiazole rings is 1. The number of amides is 1. The molecule has 6 nitrogen and oxygen atoms in total. The topological polar surface area (TPSA) is 71.7 Å². The van der Waals surface area contributed by atoms with Crippen LogP contribution in [0, 0.1) is 0 Å². The molecule has 1 aromatic heterocycles. The first-order valence-electron chi connectivity index (χ1n) is 9.69. The Hall–Kier alpha value is -2.00. The molecule has 1 saturated carbocycles. The van der Waals surface area contributed by atoms with Gasteiger partial charge in [0.05, 0.1) is 15.1 Å².